The minimum absolute atomic E-state index is 0.00523. The maximum Gasteiger partial charge on any atom is 0.350 e. The molecule has 0 aliphatic heterocycles. The van der Waals surface area contributed by atoms with E-state index in [1.54, 1.807) is 13.8 Å². The number of primary sulfonamides is 1. The molecule has 0 saturated carbocycles. The standard InChI is InChI=1S/C17H23N4O9PS/c1-4-10(3)30-31(26,27)15(5-2)19-17-11-7-6-8-14(32(18,28)29)16(11)12(20(22)23)9-13(17)21(24)25/h6-10,15,19H,4-5H2,1-3H3,(H,26,27)(H2,18,28,29). The Bertz CT molecular complexity index is 1220. The molecule has 0 amide bonds. The Hall–Kier alpha value is -2.64. The van der Waals surface area contributed by atoms with Crippen molar-refractivity contribution in [2.45, 2.75) is 50.4 Å². The normalized spacial score (nSPS) is 15.7. The number of rotatable bonds is 10. The van der Waals surface area contributed by atoms with Gasteiger partial charge >= 0.3 is 7.60 Å². The van der Waals surface area contributed by atoms with Crippen LogP contribution in [0.2, 0.25) is 0 Å². The molecule has 0 heterocycles. The first kappa shape index (κ1) is 25.6. The van der Waals surface area contributed by atoms with E-state index in [0.29, 0.717) is 12.5 Å². The Morgan fingerprint density at radius 1 is 1.19 bits per heavy atom. The summed E-state index contributed by atoms with van der Waals surface area (Å²) in [4.78, 5) is 31.2. The van der Waals surface area contributed by atoms with Gasteiger partial charge in [-0.15, -0.1) is 0 Å². The van der Waals surface area contributed by atoms with Crippen LogP contribution in [0, 0.1) is 20.2 Å². The van der Waals surface area contributed by atoms with Gasteiger partial charge in [-0.1, -0.05) is 26.0 Å². The second kappa shape index (κ2) is 9.46. The Labute approximate surface area is 183 Å². The number of nitro benzene ring substituents is 2. The predicted octanol–water partition coefficient (Wildman–Crippen LogP) is 3.45. The summed E-state index contributed by atoms with van der Waals surface area (Å²) in [5, 5.41) is 30.4. The Kier molecular flexibility index (Phi) is 7.58. The first-order valence-corrected chi connectivity index (χ1v) is 12.6. The molecule has 0 radical (unpaired) electrons. The van der Waals surface area contributed by atoms with Crippen molar-refractivity contribution in [1.82, 2.24) is 0 Å². The van der Waals surface area contributed by atoms with Gasteiger partial charge < -0.3 is 14.7 Å². The molecule has 0 fully saturated rings. The van der Waals surface area contributed by atoms with E-state index in [9.17, 15) is 38.1 Å². The molecule has 2 rings (SSSR count). The van der Waals surface area contributed by atoms with E-state index in [1.807, 2.05) is 0 Å². The largest absolute Gasteiger partial charge is 0.365 e. The van der Waals surface area contributed by atoms with Crippen molar-refractivity contribution in [3.05, 3.63) is 44.5 Å². The van der Waals surface area contributed by atoms with Gasteiger partial charge in [0.25, 0.3) is 11.4 Å². The summed E-state index contributed by atoms with van der Waals surface area (Å²) in [6.07, 6.45) is -0.159. The zero-order chi connectivity index (χ0) is 24.4. The van der Waals surface area contributed by atoms with Crippen LogP contribution in [0.1, 0.15) is 33.6 Å². The molecule has 0 aliphatic carbocycles. The van der Waals surface area contributed by atoms with E-state index in [-0.39, 0.29) is 17.5 Å². The van der Waals surface area contributed by atoms with Crippen molar-refractivity contribution in [1.29, 1.82) is 0 Å². The molecule has 2 aromatic rings. The fourth-order valence-corrected chi connectivity index (χ4v) is 5.41. The van der Waals surface area contributed by atoms with E-state index >= 15 is 0 Å². The molecule has 32 heavy (non-hydrogen) atoms. The third-order valence-corrected chi connectivity index (χ3v) is 7.68. The van der Waals surface area contributed by atoms with E-state index < -0.39 is 61.0 Å². The molecule has 0 aromatic heterocycles. The minimum atomic E-state index is -4.45. The van der Waals surface area contributed by atoms with Crippen LogP contribution in [0.15, 0.2) is 29.2 Å². The third kappa shape index (κ3) is 5.22. The highest BCUT2D eigenvalue weighted by Gasteiger charge is 2.36. The average molecular weight is 490 g/mol. The van der Waals surface area contributed by atoms with Crippen molar-refractivity contribution in [2.75, 3.05) is 5.32 Å². The molecule has 0 bridgehead atoms. The highest BCUT2D eigenvalue weighted by Crippen LogP contribution is 2.52. The van der Waals surface area contributed by atoms with Gasteiger partial charge in [-0.05, 0) is 25.8 Å². The first-order chi connectivity index (χ1) is 14.7. The van der Waals surface area contributed by atoms with Gasteiger partial charge in [-0.25, -0.2) is 13.6 Å². The second-order valence-electron chi connectivity index (χ2n) is 6.98. The van der Waals surface area contributed by atoms with Gasteiger partial charge in [-0.2, -0.15) is 0 Å². The van der Waals surface area contributed by atoms with Crippen LogP contribution >= 0.6 is 7.60 Å². The molecule has 0 saturated heterocycles. The molecule has 3 atom stereocenters. The van der Waals surface area contributed by atoms with Crippen molar-refractivity contribution in [2.24, 2.45) is 5.14 Å². The molecule has 13 nitrogen and oxygen atoms in total. The van der Waals surface area contributed by atoms with Gasteiger partial charge in [0, 0.05) is 5.39 Å². The number of anilines is 1. The number of hydrogen-bond donors (Lipinski definition) is 3. The zero-order valence-corrected chi connectivity index (χ0v) is 19.1. The second-order valence-corrected chi connectivity index (χ2v) is 10.5. The van der Waals surface area contributed by atoms with Crippen LogP contribution in [-0.2, 0) is 19.1 Å². The molecule has 0 spiro atoms. The zero-order valence-electron chi connectivity index (χ0n) is 17.4. The lowest BCUT2D eigenvalue weighted by atomic mass is 10.0. The number of nitrogens with two attached hydrogens (primary N) is 1. The number of fused-ring (bicyclic) bond motifs is 1. The summed E-state index contributed by atoms with van der Waals surface area (Å²) in [7, 11) is -8.80. The van der Waals surface area contributed by atoms with Crippen molar-refractivity contribution in [3.63, 3.8) is 0 Å². The maximum atomic E-state index is 12.8. The molecule has 15 heteroatoms. The number of sulfonamides is 1. The smallest absolute Gasteiger partial charge is 0.350 e. The quantitative estimate of drug-likeness (QED) is 0.251. The van der Waals surface area contributed by atoms with Crippen LogP contribution in [0.4, 0.5) is 17.1 Å². The predicted molar refractivity (Wildman–Crippen MR) is 117 cm³/mol. The molecule has 0 aliphatic rings. The summed E-state index contributed by atoms with van der Waals surface area (Å²) in [5.41, 5.74) is -1.99. The van der Waals surface area contributed by atoms with Gasteiger partial charge in [0.2, 0.25) is 10.0 Å². The van der Waals surface area contributed by atoms with Crippen molar-refractivity contribution < 1.29 is 32.2 Å². The lowest BCUT2D eigenvalue weighted by Crippen LogP contribution is -2.23. The monoisotopic (exact) mass is 490 g/mol. The Morgan fingerprint density at radius 3 is 2.25 bits per heavy atom. The minimum Gasteiger partial charge on any atom is -0.365 e. The summed E-state index contributed by atoms with van der Waals surface area (Å²) in [5.74, 6) is -1.32. The van der Waals surface area contributed by atoms with Gasteiger partial charge in [-0.3, -0.25) is 24.8 Å². The molecule has 2 aromatic carbocycles. The Balaban J connectivity index is 2.87. The fourth-order valence-electron chi connectivity index (χ4n) is 3.08. The molecular formula is C17H23N4O9PS. The lowest BCUT2D eigenvalue weighted by Gasteiger charge is -2.26. The highest BCUT2D eigenvalue weighted by atomic mass is 32.2. The maximum absolute atomic E-state index is 12.8. The summed E-state index contributed by atoms with van der Waals surface area (Å²) in [6.45, 7) is 4.86. The van der Waals surface area contributed by atoms with Crippen LogP contribution in [0.25, 0.3) is 10.8 Å². The van der Waals surface area contributed by atoms with E-state index in [2.05, 4.69) is 5.32 Å². The molecule has 176 valence electrons. The average Bonchev–Trinajstić information content (AvgIpc) is 2.69. The molecule has 4 N–H and O–H groups in total. The highest BCUT2D eigenvalue weighted by molar-refractivity contribution is 7.89. The lowest BCUT2D eigenvalue weighted by molar-refractivity contribution is -0.392. The number of nitrogens with one attached hydrogen (secondary N) is 1. The molecule has 3 unspecified atom stereocenters. The van der Waals surface area contributed by atoms with Crippen molar-refractivity contribution >= 4 is 45.5 Å². The van der Waals surface area contributed by atoms with E-state index in [0.717, 1.165) is 6.07 Å². The van der Waals surface area contributed by atoms with E-state index in [1.165, 1.54) is 19.1 Å². The Morgan fingerprint density at radius 2 is 1.78 bits per heavy atom. The van der Waals surface area contributed by atoms with E-state index in [4.69, 9.17) is 9.66 Å². The number of non-ortho nitro benzene ring substituents is 1. The van der Waals surface area contributed by atoms with Crippen molar-refractivity contribution in [3.8, 4) is 0 Å². The number of hydrogen-bond acceptors (Lipinski definition) is 9. The van der Waals surface area contributed by atoms with Gasteiger partial charge in [0.05, 0.1) is 32.3 Å². The number of nitrogens with zero attached hydrogens (tertiary/aromatic N) is 2. The summed E-state index contributed by atoms with van der Waals surface area (Å²) < 4.78 is 42.1. The van der Waals surface area contributed by atoms with Gasteiger partial charge in [0.1, 0.15) is 11.5 Å². The fraction of sp³-hybridized carbons (Fsp3) is 0.412. The number of benzene rings is 2. The van der Waals surface area contributed by atoms with Crippen LogP contribution in [0.5, 0.6) is 0 Å². The van der Waals surface area contributed by atoms with Crippen LogP contribution < -0.4 is 10.5 Å². The van der Waals surface area contributed by atoms with Gasteiger partial charge in [0.15, 0.2) is 0 Å². The number of nitro groups is 2. The SMILES string of the molecule is CCC(C)OP(=O)(O)C(CC)Nc1c([N+](=O)[O-])cc([N+](=O)[O-])c2c(S(N)(=O)=O)cccc12. The topological polar surface area (TPSA) is 205 Å². The summed E-state index contributed by atoms with van der Waals surface area (Å²) >= 11 is 0. The molecular weight excluding hydrogens is 467 g/mol. The first-order valence-electron chi connectivity index (χ1n) is 9.43. The van der Waals surface area contributed by atoms with Crippen LogP contribution in [0.3, 0.4) is 0 Å². The third-order valence-electron chi connectivity index (χ3n) is 4.78. The van der Waals surface area contributed by atoms with Crippen LogP contribution in [-0.4, -0.2) is 35.0 Å². The summed E-state index contributed by atoms with van der Waals surface area (Å²) in [6, 6.07) is 4.04.